The van der Waals surface area contributed by atoms with Gasteiger partial charge >= 0.3 is 5.97 Å². The Balaban J connectivity index is 2.36. The van der Waals surface area contributed by atoms with E-state index in [0.717, 1.165) is 3.97 Å². The summed E-state index contributed by atoms with van der Waals surface area (Å²) >= 11 is 5.83. The van der Waals surface area contributed by atoms with Crippen LogP contribution >= 0.6 is 11.6 Å². The number of aromatic nitrogens is 1. The second kappa shape index (κ2) is 6.48. The highest BCUT2D eigenvalue weighted by molar-refractivity contribution is 7.90. The Bertz CT molecular complexity index is 1170. The summed E-state index contributed by atoms with van der Waals surface area (Å²) in [6.07, 6.45) is -0.347. The number of benzene rings is 2. The molecule has 0 aliphatic carbocycles. The third kappa shape index (κ3) is 2.94. The topological polar surface area (TPSA) is 100 Å². The van der Waals surface area contributed by atoms with Crippen LogP contribution in [0.25, 0.3) is 10.9 Å². The van der Waals surface area contributed by atoms with Crippen LogP contribution in [0.2, 0.25) is 5.02 Å². The number of nitrogens with zero attached hydrogens (tertiary/aromatic N) is 2. The lowest BCUT2D eigenvalue weighted by Crippen LogP contribution is -2.15. The van der Waals surface area contributed by atoms with Crippen molar-refractivity contribution >= 4 is 38.5 Å². The van der Waals surface area contributed by atoms with Crippen LogP contribution in [0.4, 0.5) is 0 Å². The molecule has 0 unspecified atom stereocenters. The molecule has 0 fully saturated rings. The van der Waals surface area contributed by atoms with Crippen LogP contribution in [0.1, 0.15) is 16.8 Å². The van der Waals surface area contributed by atoms with Gasteiger partial charge in [-0.05, 0) is 55.0 Å². The minimum absolute atomic E-state index is 0.0353. The first kappa shape index (κ1) is 18.0. The van der Waals surface area contributed by atoms with E-state index in [1.54, 1.807) is 6.92 Å². The Labute approximate surface area is 154 Å². The zero-order valence-corrected chi connectivity index (χ0v) is 15.2. The van der Waals surface area contributed by atoms with Gasteiger partial charge in [0.15, 0.2) is 0 Å². The molecule has 2 aromatic carbocycles. The average molecular weight is 389 g/mol. The SMILES string of the molecule is Cc1c(CC(=O)O)c2cc(C#N)ccc2n1S(=O)(=O)c1ccc(Cl)cc1. The number of aliphatic carboxylic acids is 1. The second-order valence-corrected chi connectivity index (χ2v) is 7.92. The molecule has 3 rings (SSSR count). The maximum atomic E-state index is 13.1. The van der Waals surface area contributed by atoms with Crippen LogP contribution in [0, 0.1) is 18.3 Å². The number of carboxylic acids is 1. The van der Waals surface area contributed by atoms with E-state index in [0.29, 0.717) is 32.7 Å². The van der Waals surface area contributed by atoms with Gasteiger partial charge in [0.2, 0.25) is 0 Å². The largest absolute Gasteiger partial charge is 0.481 e. The number of hydrogen-bond donors (Lipinski definition) is 1. The van der Waals surface area contributed by atoms with Gasteiger partial charge in [0.1, 0.15) is 0 Å². The standard InChI is InChI=1S/C18H13ClN2O4S/c1-11-15(9-18(22)23)16-8-12(10-20)2-7-17(16)21(11)26(24,25)14-5-3-13(19)4-6-14/h2-8H,9H2,1H3,(H,22,23). The average Bonchev–Trinajstić information content (AvgIpc) is 2.86. The Morgan fingerprint density at radius 1 is 1.23 bits per heavy atom. The van der Waals surface area contributed by atoms with Crippen LogP contribution in [-0.2, 0) is 21.2 Å². The van der Waals surface area contributed by atoms with E-state index in [1.165, 1.54) is 42.5 Å². The van der Waals surface area contributed by atoms with Gasteiger partial charge in [-0.1, -0.05) is 11.6 Å². The minimum atomic E-state index is -3.97. The fraction of sp³-hybridized carbons (Fsp3) is 0.111. The molecule has 132 valence electrons. The number of rotatable bonds is 4. The van der Waals surface area contributed by atoms with Gasteiger partial charge in [-0.25, -0.2) is 12.4 Å². The van der Waals surface area contributed by atoms with Crippen LogP contribution in [-0.4, -0.2) is 23.5 Å². The monoisotopic (exact) mass is 388 g/mol. The molecule has 0 saturated carbocycles. The van der Waals surface area contributed by atoms with E-state index < -0.39 is 16.0 Å². The number of nitriles is 1. The molecule has 1 N–H and O–H groups in total. The molecule has 0 aliphatic rings. The first-order valence-electron chi connectivity index (χ1n) is 7.52. The van der Waals surface area contributed by atoms with Gasteiger partial charge in [0.25, 0.3) is 10.0 Å². The molecule has 3 aromatic rings. The normalized spacial score (nSPS) is 11.4. The summed E-state index contributed by atoms with van der Waals surface area (Å²) < 4.78 is 27.4. The third-order valence-electron chi connectivity index (χ3n) is 4.09. The smallest absolute Gasteiger partial charge is 0.307 e. The molecule has 6 nitrogen and oxygen atoms in total. The van der Waals surface area contributed by atoms with E-state index in [-0.39, 0.29) is 11.3 Å². The lowest BCUT2D eigenvalue weighted by Gasteiger charge is -2.10. The Morgan fingerprint density at radius 2 is 1.88 bits per heavy atom. The molecular formula is C18H13ClN2O4S. The second-order valence-electron chi connectivity index (χ2n) is 5.70. The maximum absolute atomic E-state index is 13.1. The first-order valence-corrected chi connectivity index (χ1v) is 9.34. The molecule has 8 heteroatoms. The van der Waals surface area contributed by atoms with Gasteiger partial charge in [-0.2, -0.15) is 5.26 Å². The summed E-state index contributed by atoms with van der Waals surface area (Å²) in [5.41, 5.74) is 1.31. The Morgan fingerprint density at radius 3 is 2.46 bits per heavy atom. The summed E-state index contributed by atoms with van der Waals surface area (Å²) in [6.45, 7) is 1.55. The number of halogens is 1. The Hall–Kier alpha value is -2.82. The lowest BCUT2D eigenvalue weighted by molar-refractivity contribution is -0.136. The van der Waals surface area contributed by atoms with Crippen molar-refractivity contribution in [2.75, 3.05) is 0 Å². The van der Waals surface area contributed by atoms with Crippen molar-refractivity contribution in [2.24, 2.45) is 0 Å². The minimum Gasteiger partial charge on any atom is -0.481 e. The van der Waals surface area contributed by atoms with E-state index in [9.17, 15) is 18.3 Å². The van der Waals surface area contributed by atoms with Crippen molar-refractivity contribution in [1.82, 2.24) is 3.97 Å². The lowest BCUT2D eigenvalue weighted by atomic mass is 10.1. The quantitative estimate of drug-likeness (QED) is 0.738. The summed E-state index contributed by atoms with van der Waals surface area (Å²) in [5.74, 6) is -1.08. The summed E-state index contributed by atoms with van der Waals surface area (Å²) in [6, 6.07) is 12.2. The molecule has 26 heavy (non-hydrogen) atoms. The van der Waals surface area contributed by atoms with E-state index >= 15 is 0 Å². The highest BCUT2D eigenvalue weighted by Gasteiger charge is 2.26. The van der Waals surface area contributed by atoms with Gasteiger partial charge in [0, 0.05) is 16.1 Å². The van der Waals surface area contributed by atoms with Crippen molar-refractivity contribution in [3.63, 3.8) is 0 Å². The van der Waals surface area contributed by atoms with Gasteiger partial charge in [-0.15, -0.1) is 0 Å². The van der Waals surface area contributed by atoms with E-state index in [2.05, 4.69) is 0 Å². The molecular weight excluding hydrogens is 376 g/mol. The van der Waals surface area contributed by atoms with Gasteiger partial charge in [-0.3, -0.25) is 4.79 Å². The van der Waals surface area contributed by atoms with E-state index in [1.807, 2.05) is 6.07 Å². The highest BCUT2D eigenvalue weighted by Crippen LogP contribution is 2.31. The molecule has 0 spiro atoms. The molecule has 0 saturated heterocycles. The number of hydrogen-bond acceptors (Lipinski definition) is 4. The fourth-order valence-electron chi connectivity index (χ4n) is 2.92. The molecule has 0 atom stereocenters. The molecule has 1 aromatic heterocycles. The molecule has 0 radical (unpaired) electrons. The molecule has 0 aliphatic heterocycles. The predicted molar refractivity (Wildman–Crippen MR) is 96.8 cm³/mol. The van der Waals surface area contributed by atoms with Crippen LogP contribution in [0.5, 0.6) is 0 Å². The van der Waals surface area contributed by atoms with Crippen LogP contribution in [0.15, 0.2) is 47.4 Å². The van der Waals surface area contributed by atoms with Crippen molar-refractivity contribution in [2.45, 2.75) is 18.2 Å². The van der Waals surface area contributed by atoms with Gasteiger partial charge in [0.05, 0.1) is 28.5 Å². The number of fused-ring (bicyclic) bond motifs is 1. The summed E-state index contributed by atoms with van der Waals surface area (Å²) in [7, 11) is -3.97. The Kier molecular flexibility index (Phi) is 4.48. The molecule has 0 bridgehead atoms. The van der Waals surface area contributed by atoms with Gasteiger partial charge < -0.3 is 5.11 Å². The summed E-state index contributed by atoms with van der Waals surface area (Å²) in [5, 5.41) is 19.1. The molecule has 1 heterocycles. The first-order chi connectivity index (χ1) is 12.3. The van der Waals surface area contributed by atoms with E-state index in [4.69, 9.17) is 16.9 Å². The van der Waals surface area contributed by atoms with Crippen LogP contribution < -0.4 is 0 Å². The fourth-order valence-corrected chi connectivity index (χ4v) is 4.62. The van der Waals surface area contributed by atoms with Crippen molar-refractivity contribution in [1.29, 1.82) is 5.26 Å². The zero-order valence-electron chi connectivity index (χ0n) is 13.6. The van der Waals surface area contributed by atoms with Crippen LogP contribution in [0.3, 0.4) is 0 Å². The van der Waals surface area contributed by atoms with Crippen molar-refractivity contribution in [3.8, 4) is 6.07 Å². The number of carbonyl (C=O) groups is 1. The molecule has 0 amide bonds. The third-order valence-corrected chi connectivity index (χ3v) is 6.16. The predicted octanol–water partition coefficient (Wildman–Crippen LogP) is 3.34. The van der Waals surface area contributed by atoms with Crippen molar-refractivity contribution < 1.29 is 18.3 Å². The highest BCUT2D eigenvalue weighted by atomic mass is 35.5. The maximum Gasteiger partial charge on any atom is 0.307 e. The number of carboxylic acid groups (broad SMARTS) is 1. The zero-order chi connectivity index (χ0) is 19.1. The van der Waals surface area contributed by atoms with Crippen molar-refractivity contribution in [3.05, 3.63) is 64.3 Å². The summed E-state index contributed by atoms with van der Waals surface area (Å²) in [4.78, 5) is 11.3.